The summed E-state index contributed by atoms with van der Waals surface area (Å²) in [5.41, 5.74) is 1.90. The summed E-state index contributed by atoms with van der Waals surface area (Å²) < 4.78 is 1.55. The van der Waals surface area contributed by atoms with E-state index in [9.17, 15) is 14.4 Å². The second-order valence-electron chi connectivity index (χ2n) is 5.50. The van der Waals surface area contributed by atoms with Gasteiger partial charge >= 0.3 is 0 Å². The van der Waals surface area contributed by atoms with Crippen LogP contribution < -0.4 is 10.6 Å². The molecule has 25 heavy (non-hydrogen) atoms. The van der Waals surface area contributed by atoms with Crippen molar-refractivity contribution in [2.75, 3.05) is 11.9 Å². The van der Waals surface area contributed by atoms with E-state index < -0.39 is 11.7 Å². The number of Topliss-reactive ketones (excluding diaryl/α,β-unsaturated/α-hetero) is 1. The fourth-order valence-electron chi connectivity index (χ4n) is 2.45. The summed E-state index contributed by atoms with van der Waals surface area (Å²) in [5, 5.41) is 9.30. The van der Waals surface area contributed by atoms with Crippen LogP contribution in [-0.2, 0) is 11.8 Å². The van der Waals surface area contributed by atoms with Crippen LogP contribution in [0.15, 0.2) is 36.9 Å². The number of ketones is 1. The van der Waals surface area contributed by atoms with Crippen molar-refractivity contribution in [2.24, 2.45) is 7.05 Å². The number of amides is 2. The highest BCUT2D eigenvalue weighted by atomic mass is 16.2. The first-order valence-electron chi connectivity index (χ1n) is 7.70. The lowest BCUT2D eigenvalue weighted by Crippen LogP contribution is -2.28. The molecule has 2 aromatic rings. The quantitative estimate of drug-likeness (QED) is 0.476. The lowest BCUT2D eigenvalue weighted by molar-refractivity contribution is -0.112. The Labute approximate surface area is 145 Å². The van der Waals surface area contributed by atoms with Crippen molar-refractivity contribution in [2.45, 2.75) is 13.8 Å². The van der Waals surface area contributed by atoms with Crippen molar-refractivity contribution >= 4 is 23.3 Å². The summed E-state index contributed by atoms with van der Waals surface area (Å²) in [6.07, 6.45) is 1.55. The van der Waals surface area contributed by atoms with E-state index in [2.05, 4.69) is 22.3 Å². The Kier molecular flexibility index (Phi) is 5.49. The van der Waals surface area contributed by atoms with Gasteiger partial charge in [-0.2, -0.15) is 5.10 Å². The van der Waals surface area contributed by atoms with Crippen LogP contribution in [0.25, 0.3) is 0 Å². The Bertz CT molecular complexity index is 852. The van der Waals surface area contributed by atoms with Gasteiger partial charge in [0, 0.05) is 19.3 Å². The number of carbonyl (C=O) groups excluding carboxylic acids is 3. The maximum Gasteiger partial charge on any atom is 0.296 e. The SMILES string of the molecule is C=CCNC(=O)c1ccccc1NC(=O)C(=O)c1c(C)nn(C)c1C. The second-order valence-corrected chi connectivity index (χ2v) is 5.50. The molecular weight excluding hydrogens is 320 g/mol. The van der Waals surface area contributed by atoms with Crippen LogP contribution in [0.2, 0.25) is 0 Å². The largest absolute Gasteiger partial charge is 0.349 e. The van der Waals surface area contributed by atoms with Gasteiger partial charge in [-0.05, 0) is 26.0 Å². The number of anilines is 1. The third kappa shape index (κ3) is 3.82. The first-order chi connectivity index (χ1) is 11.9. The Morgan fingerprint density at radius 1 is 1.24 bits per heavy atom. The van der Waals surface area contributed by atoms with Gasteiger partial charge in [0.2, 0.25) is 0 Å². The van der Waals surface area contributed by atoms with Crippen molar-refractivity contribution in [3.05, 3.63) is 59.4 Å². The van der Waals surface area contributed by atoms with Gasteiger partial charge in [-0.3, -0.25) is 19.1 Å². The molecule has 0 saturated heterocycles. The average molecular weight is 340 g/mol. The van der Waals surface area contributed by atoms with Crippen molar-refractivity contribution in [1.29, 1.82) is 0 Å². The molecule has 2 N–H and O–H groups in total. The van der Waals surface area contributed by atoms with Gasteiger partial charge in [0.25, 0.3) is 17.6 Å². The predicted molar refractivity (Wildman–Crippen MR) is 94.6 cm³/mol. The molecule has 0 unspecified atom stereocenters. The van der Waals surface area contributed by atoms with Gasteiger partial charge in [0.05, 0.1) is 22.5 Å². The molecule has 0 radical (unpaired) electrons. The Morgan fingerprint density at radius 3 is 2.52 bits per heavy atom. The molecule has 130 valence electrons. The second kappa shape index (κ2) is 7.57. The van der Waals surface area contributed by atoms with E-state index in [1.807, 2.05) is 0 Å². The molecule has 7 heteroatoms. The van der Waals surface area contributed by atoms with Gasteiger partial charge in [-0.15, -0.1) is 6.58 Å². The maximum atomic E-state index is 12.5. The topological polar surface area (TPSA) is 93.1 Å². The van der Waals surface area contributed by atoms with Crippen LogP contribution in [0.1, 0.15) is 32.1 Å². The van der Waals surface area contributed by atoms with E-state index >= 15 is 0 Å². The van der Waals surface area contributed by atoms with E-state index in [-0.39, 0.29) is 22.7 Å². The molecule has 0 saturated carbocycles. The molecule has 1 heterocycles. The van der Waals surface area contributed by atoms with E-state index in [0.29, 0.717) is 17.9 Å². The molecule has 1 aromatic carbocycles. The number of aromatic nitrogens is 2. The fraction of sp³-hybridized carbons (Fsp3) is 0.222. The molecule has 2 rings (SSSR count). The monoisotopic (exact) mass is 340 g/mol. The number of nitrogens with one attached hydrogen (secondary N) is 2. The Balaban J connectivity index is 2.25. The number of nitrogens with zero attached hydrogens (tertiary/aromatic N) is 2. The van der Waals surface area contributed by atoms with Crippen molar-refractivity contribution in [1.82, 2.24) is 15.1 Å². The zero-order chi connectivity index (χ0) is 18.6. The predicted octanol–water partition coefficient (Wildman–Crippen LogP) is 1.77. The highest BCUT2D eigenvalue weighted by Gasteiger charge is 2.25. The number of benzene rings is 1. The highest BCUT2D eigenvalue weighted by Crippen LogP contribution is 2.17. The number of para-hydroxylation sites is 1. The summed E-state index contributed by atoms with van der Waals surface area (Å²) in [5.74, 6) is -1.87. The molecule has 0 fully saturated rings. The van der Waals surface area contributed by atoms with Crippen LogP contribution >= 0.6 is 0 Å². The van der Waals surface area contributed by atoms with Crippen molar-refractivity contribution in [3.63, 3.8) is 0 Å². The van der Waals surface area contributed by atoms with Crippen LogP contribution in [0.5, 0.6) is 0 Å². The van der Waals surface area contributed by atoms with Crippen LogP contribution in [0.3, 0.4) is 0 Å². The van der Waals surface area contributed by atoms with Gasteiger partial charge in [-0.1, -0.05) is 18.2 Å². The molecule has 2 amide bonds. The van der Waals surface area contributed by atoms with Gasteiger partial charge < -0.3 is 10.6 Å². The molecular formula is C18H20N4O3. The van der Waals surface area contributed by atoms with Crippen LogP contribution in [-0.4, -0.2) is 33.9 Å². The zero-order valence-electron chi connectivity index (χ0n) is 14.4. The minimum Gasteiger partial charge on any atom is -0.349 e. The number of rotatable bonds is 6. The van der Waals surface area contributed by atoms with Crippen molar-refractivity contribution < 1.29 is 14.4 Å². The summed E-state index contributed by atoms with van der Waals surface area (Å²) in [6, 6.07) is 6.48. The smallest absolute Gasteiger partial charge is 0.296 e. The van der Waals surface area contributed by atoms with E-state index in [4.69, 9.17) is 0 Å². The number of aryl methyl sites for hydroxylation is 2. The molecule has 0 aliphatic rings. The third-order valence-electron chi connectivity index (χ3n) is 3.77. The van der Waals surface area contributed by atoms with Gasteiger partial charge in [0.1, 0.15) is 0 Å². The van der Waals surface area contributed by atoms with Gasteiger partial charge in [-0.25, -0.2) is 0 Å². The lowest BCUT2D eigenvalue weighted by Gasteiger charge is -2.10. The van der Waals surface area contributed by atoms with E-state index in [0.717, 1.165) is 0 Å². The average Bonchev–Trinajstić information content (AvgIpc) is 2.84. The number of hydrogen-bond acceptors (Lipinski definition) is 4. The molecule has 0 bridgehead atoms. The minimum atomic E-state index is -0.817. The van der Waals surface area contributed by atoms with Crippen molar-refractivity contribution in [3.8, 4) is 0 Å². The molecule has 0 spiro atoms. The molecule has 1 aromatic heterocycles. The first-order valence-corrected chi connectivity index (χ1v) is 7.70. The first kappa shape index (κ1) is 18.1. The normalized spacial score (nSPS) is 10.2. The molecule has 0 aliphatic heterocycles. The summed E-state index contributed by atoms with van der Waals surface area (Å²) in [4.78, 5) is 37.0. The summed E-state index contributed by atoms with van der Waals surface area (Å²) in [7, 11) is 1.70. The van der Waals surface area contributed by atoms with E-state index in [1.165, 1.54) is 0 Å². The van der Waals surface area contributed by atoms with Crippen LogP contribution in [0.4, 0.5) is 5.69 Å². The lowest BCUT2D eigenvalue weighted by atomic mass is 10.1. The molecule has 7 nitrogen and oxygen atoms in total. The minimum absolute atomic E-state index is 0.265. The number of carbonyl (C=O) groups is 3. The molecule has 0 atom stereocenters. The standard InChI is InChI=1S/C18H20N4O3/c1-5-10-19-17(24)13-8-6-7-9-14(13)20-18(25)16(23)15-11(2)21-22(4)12(15)3/h5-9H,1,10H2,2-4H3,(H,19,24)(H,20,25). The van der Waals surface area contributed by atoms with E-state index in [1.54, 1.807) is 55.9 Å². The highest BCUT2D eigenvalue weighted by molar-refractivity contribution is 6.47. The Morgan fingerprint density at radius 2 is 1.92 bits per heavy atom. The maximum absolute atomic E-state index is 12.5. The summed E-state index contributed by atoms with van der Waals surface area (Å²) >= 11 is 0. The zero-order valence-corrected chi connectivity index (χ0v) is 14.4. The third-order valence-corrected chi connectivity index (χ3v) is 3.77. The van der Waals surface area contributed by atoms with Crippen LogP contribution in [0, 0.1) is 13.8 Å². The van der Waals surface area contributed by atoms with Gasteiger partial charge in [0.15, 0.2) is 0 Å². The number of hydrogen-bond donors (Lipinski definition) is 2. The Hall–Kier alpha value is -3.22. The fourth-order valence-corrected chi connectivity index (χ4v) is 2.45. The molecule has 0 aliphatic carbocycles. The summed E-state index contributed by atoms with van der Waals surface area (Å²) in [6.45, 7) is 7.23.